The van der Waals surface area contributed by atoms with Crippen LogP contribution in [-0.2, 0) is 14.3 Å². The Hall–Kier alpha value is -1.89. The van der Waals surface area contributed by atoms with Crippen LogP contribution in [0.2, 0.25) is 0 Å². The Kier molecular flexibility index (Phi) is 5.26. The van der Waals surface area contributed by atoms with Crippen molar-refractivity contribution in [3.05, 3.63) is 23.9 Å². The molecule has 0 unspecified atom stereocenters. The second-order valence-corrected chi connectivity index (χ2v) is 6.26. The molecule has 7 heteroatoms. The number of carbonyl (C=O) groups excluding carboxylic acids is 3. The van der Waals surface area contributed by atoms with E-state index in [9.17, 15) is 14.4 Å². The zero-order chi connectivity index (χ0) is 15.3. The van der Waals surface area contributed by atoms with E-state index in [2.05, 4.69) is 15.0 Å². The van der Waals surface area contributed by atoms with Crippen LogP contribution in [0.4, 0.5) is 5.82 Å². The van der Waals surface area contributed by atoms with Gasteiger partial charge in [-0.25, -0.2) is 9.78 Å². The van der Waals surface area contributed by atoms with Crippen molar-refractivity contribution >= 4 is 34.6 Å². The van der Waals surface area contributed by atoms with Crippen LogP contribution >= 0.6 is 11.8 Å². The molecule has 1 aromatic rings. The Morgan fingerprint density at radius 3 is 2.50 bits per heavy atom. The molecule has 0 aliphatic carbocycles. The zero-order valence-electron chi connectivity index (χ0n) is 11.7. The van der Waals surface area contributed by atoms with Gasteiger partial charge in [0.1, 0.15) is 5.82 Å². The molecule has 0 aromatic carbocycles. The van der Waals surface area contributed by atoms with Gasteiger partial charge in [0.05, 0.1) is 11.9 Å². The van der Waals surface area contributed by atoms with Gasteiger partial charge in [0, 0.05) is 6.92 Å². The van der Waals surface area contributed by atoms with Gasteiger partial charge in [-0.3, -0.25) is 9.59 Å². The lowest BCUT2D eigenvalue weighted by atomic mass is 10.2. The van der Waals surface area contributed by atoms with Crippen LogP contribution in [0.25, 0.3) is 0 Å². The lowest BCUT2D eigenvalue weighted by Gasteiger charge is -2.21. The van der Waals surface area contributed by atoms with Crippen LogP contribution in [0.15, 0.2) is 18.2 Å². The first-order chi connectivity index (χ1) is 9.26. The summed E-state index contributed by atoms with van der Waals surface area (Å²) in [7, 11) is 1.25. The number of methoxy groups -OCH3 is 1. The fourth-order valence-electron chi connectivity index (χ4n) is 1.40. The molecule has 6 nitrogen and oxygen atoms in total. The Labute approximate surface area is 121 Å². The van der Waals surface area contributed by atoms with E-state index in [1.54, 1.807) is 26.0 Å². The van der Waals surface area contributed by atoms with Crippen LogP contribution in [0.5, 0.6) is 0 Å². The molecular weight excluding hydrogens is 280 g/mol. The number of amides is 1. The van der Waals surface area contributed by atoms with Crippen LogP contribution in [0.3, 0.4) is 0 Å². The van der Waals surface area contributed by atoms with E-state index in [1.807, 2.05) is 0 Å². The number of carbonyl (C=O) groups is 3. The fraction of sp³-hybridized carbons (Fsp3) is 0.385. The fourth-order valence-corrected chi connectivity index (χ4v) is 2.26. The predicted octanol–water partition coefficient (Wildman–Crippen LogP) is 1.86. The molecule has 0 aliphatic rings. The molecule has 1 rings (SSSR count). The van der Waals surface area contributed by atoms with Crippen molar-refractivity contribution in [2.75, 3.05) is 12.4 Å². The summed E-state index contributed by atoms with van der Waals surface area (Å²) >= 11 is 0.929. The second-order valence-electron chi connectivity index (χ2n) is 4.46. The Morgan fingerprint density at radius 1 is 1.30 bits per heavy atom. The van der Waals surface area contributed by atoms with Crippen molar-refractivity contribution in [1.29, 1.82) is 0 Å². The van der Waals surface area contributed by atoms with Crippen LogP contribution < -0.4 is 5.32 Å². The Balaban J connectivity index is 2.85. The number of hydrogen-bond donors (Lipinski definition) is 1. The highest BCUT2D eigenvalue weighted by Crippen LogP contribution is 2.26. The first-order valence-electron chi connectivity index (χ1n) is 5.82. The lowest BCUT2D eigenvalue weighted by molar-refractivity contribution is -0.118. The van der Waals surface area contributed by atoms with Gasteiger partial charge in [0.2, 0.25) is 5.91 Å². The maximum atomic E-state index is 12.1. The normalized spacial score (nSPS) is 10.8. The molecule has 1 heterocycles. The van der Waals surface area contributed by atoms with Gasteiger partial charge in [0.25, 0.3) is 0 Å². The van der Waals surface area contributed by atoms with Crippen molar-refractivity contribution < 1.29 is 19.1 Å². The zero-order valence-corrected chi connectivity index (χ0v) is 12.5. The molecule has 0 saturated heterocycles. The van der Waals surface area contributed by atoms with E-state index >= 15 is 0 Å². The van der Waals surface area contributed by atoms with E-state index in [4.69, 9.17) is 0 Å². The highest BCUT2D eigenvalue weighted by atomic mass is 32.2. The second kappa shape index (κ2) is 6.51. The van der Waals surface area contributed by atoms with Gasteiger partial charge < -0.3 is 10.1 Å². The number of anilines is 1. The summed E-state index contributed by atoms with van der Waals surface area (Å²) in [6.45, 7) is 4.67. The van der Waals surface area contributed by atoms with Gasteiger partial charge in [-0.1, -0.05) is 17.8 Å². The summed E-state index contributed by atoms with van der Waals surface area (Å²) in [5, 5.41) is 2.42. The molecule has 0 radical (unpaired) electrons. The van der Waals surface area contributed by atoms with Gasteiger partial charge in [-0.05, 0) is 26.0 Å². The summed E-state index contributed by atoms with van der Waals surface area (Å²) < 4.78 is 3.63. The molecule has 1 amide bonds. The molecule has 0 saturated carbocycles. The third-order valence-electron chi connectivity index (χ3n) is 2.33. The summed E-state index contributed by atoms with van der Waals surface area (Å²) in [4.78, 5) is 38.5. The van der Waals surface area contributed by atoms with Crippen LogP contribution in [0, 0.1) is 0 Å². The summed E-state index contributed by atoms with van der Waals surface area (Å²) in [5.74, 6) is -0.721. The molecule has 1 aromatic heterocycles. The summed E-state index contributed by atoms with van der Waals surface area (Å²) in [5.41, 5.74) is 0.0994. The standard InChI is InChI=1S/C13H16N2O4S/c1-8(16)20-13(2,3)12(18)15-10-7-5-6-9(14-10)11(17)19-4/h5-7H,1-4H3,(H,14,15,18). The number of rotatable bonds is 4. The van der Waals surface area contributed by atoms with Gasteiger partial charge in [-0.2, -0.15) is 0 Å². The number of esters is 1. The minimum Gasteiger partial charge on any atom is -0.464 e. The number of nitrogens with zero attached hydrogens (tertiary/aromatic N) is 1. The largest absolute Gasteiger partial charge is 0.464 e. The maximum Gasteiger partial charge on any atom is 0.356 e. The number of thioether (sulfide) groups is 1. The molecule has 20 heavy (non-hydrogen) atoms. The monoisotopic (exact) mass is 296 g/mol. The van der Waals surface area contributed by atoms with E-state index in [0.29, 0.717) is 0 Å². The predicted molar refractivity (Wildman–Crippen MR) is 76.6 cm³/mol. The van der Waals surface area contributed by atoms with Crippen molar-refractivity contribution in [2.24, 2.45) is 0 Å². The Bertz CT molecular complexity index is 543. The Morgan fingerprint density at radius 2 is 1.95 bits per heavy atom. The average molecular weight is 296 g/mol. The number of nitrogens with one attached hydrogen (secondary N) is 1. The van der Waals surface area contributed by atoms with E-state index in [1.165, 1.54) is 20.1 Å². The molecule has 0 bridgehead atoms. The van der Waals surface area contributed by atoms with Crippen molar-refractivity contribution in [3.63, 3.8) is 0 Å². The first-order valence-corrected chi connectivity index (χ1v) is 6.64. The average Bonchev–Trinajstić information content (AvgIpc) is 2.36. The van der Waals surface area contributed by atoms with E-state index in [-0.39, 0.29) is 22.5 Å². The smallest absolute Gasteiger partial charge is 0.356 e. The van der Waals surface area contributed by atoms with Gasteiger partial charge >= 0.3 is 5.97 Å². The van der Waals surface area contributed by atoms with E-state index < -0.39 is 10.7 Å². The topological polar surface area (TPSA) is 85.4 Å². The number of hydrogen-bond acceptors (Lipinski definition) is 6. The third-order valence-corrected chi connectivity index (χ3v) is 3.31. The quantitative estimate of drug-likeness (QED) is 0.854. The minimum atomic E-state index is -0.922. The molecular formula is C13H16N2O4S. The molecule has 0 spiro atoms. The summed E-state index contributed by atoms with van der Waals surface area (Å²) in [6.07, 6.45) is 0. The van der Waals surface area contributed by atoms with Gasteiger partial charge in [0.15, 0.2) is 10.8 Å². The number of aromatic nitrogens is 1. The van der Waals surface area contributed by atoms with Crippen molar-refractivity contribution in [1.82, 2.24) is 4.98 Å². The van der Waals surface area contributed by atoms with Crippen molar-refractivity contribution in [2.45, 2.75) is 25.5 Å². The first kappa shape index (κ1) is 16.2. The molecule has 0 fully saturated rings. The molecule has 0 aliphatic heterocycles. The third kappa shape index (κ3) is 4.34. The highest BCUT2D eigenvalue weighted by molar-refractivity contribution is 8.15. The lowest BCUT2D eigenvalue weighted by Crippen LogP contribution is -2.35. The summed E-state index contributed by atoms with van der Waals surface area (Å²) in [6, 6.07) is 4.62. The van der Waals surface area contributed by atoms with Crippen molar-refractivity contribution in [3.8, 4) is 0 Å². The highest BCUT2D eigenvalue weighted by Gasteiger charge is 2.30. The number of ether oxygens (including phenoxy) is 1. The van der Waals surface area contributed by atoms with E-state index in [0.717, 1.165) is 11.8 Å². The number of pyridine rings is 1. The minimum absolute atomic E-state index is 0.0994. The van der Waals surface area contributed by atoms with Crippen LogP contribution in [0.1, 0.15) is 31.3 Å². The molecule has 1 N–H and O–H groups in total. The van der Waals surface area contributed by atoms with Gasteiger partial charge in [-0.15, -0.1) is 0 Å². The molecule has 0 atom stereocenters. The molecule has 108 valence electrons. The SMILES string of the molecule is COC(=O)c1cccc(NC(=O)C(C)(C)SC(C)=O)n1. The van der Waals surface area contributed by atoms with Crippen LogP contribution in [-0.4, -0.2) is 33.8 Å². The maximum absolute atomic E-state index is 12.1.